The molecule has 1 amide bonds. The molecule has 2 rings (SSSR count). The zero-order valence-corrected chi connectivity index (χ0v) is 12.3. The molecular weight excluding hydrogens is 273 g/mol. The van der Waals surface area contributed by atoms with Crippen molar-refractivity contribution in [3.05, 3.63) is 29.6 Å². The maximum Gasteiger partial charge on any atom is 0.257 e. The van der Waals surface area contributed by atoms with Crippen molar-refractivity contribution in [2.45, 2.75) is 18.9 Å². The maximum absolute atomic E-state index is 13.9. The van der Waals surface area contributed by atoms with Crippen LogP contribution in [-0.2, 0) is 0 Å². The minimum absolute atomic E-state index is 0.0256. The Morgan fingerprint density at radius 3 is 2.76 bits per heavy atom. The second kappa shape index (κ2) is 6.87. The number of piperidine rings is 1. The van der Waals surface area contributed by atoms with Crippen molar-refractivity contribution in [1.82, 2.24) is 9.80 Å². The van der Waals surface area contributed by atoms with Gasteiger partial charge in [0.05, 0.1) is 12.2 Å². The fraction of sp³-hybridized carbons (Fsp3) is 0.533. The molecule has 116 valence electrons. The zero-order valence-electron chi connectivity index (χ0n) is 12.3. The van der Waals surface area contributed by atoms with Crippen LogP contribution in [-0.4, -0.2) is 60.1 Å². The van der Waals surface area contributed by atoms with Crippen molar-refractivity contribution in [3.63, 3.8) is 0 Å². The number of carbonyl (C=O) groups is 1. The van der Waals surface area contributed by atoms with Crippen molar-refractivity contribution in [2.24, 2.45) is 0 Å². The van der Waals surface area contributed by atoms with Gasteiger partial charge in [-0.3, -0.25) is 4.79 Å². The van der Waals surface area contributed by atoms with Crippen LogP contribution in [0.3, 0.4) is 0 Å². The third-order valence-corrected chi connectivity index (χ3v) is 3.95. The summed E-state index contributed by atoms with van der Waals surface area (Å²) < 4.78 is 13.9. The number of nitrogens with zero attached hydrogens (tertiary/aromatic N) is 2. The number of likely N-dealkylation sites (tertiary alicyclic amines) is 1. The Morgan fingerprint density at radius 1 is 1.48 bits per heavy atom. The molecule has 0 atom stereocenters. The molecule has 1 saturated heterocycles. The van der Waals surface area contributed by atoms with Crippen molar-refractivity contribution in [2.75, 3.05) is 39.0 Å². The third-order valence-electron chi connectivity index (χ3n) is 3.95. The summed E-state index contributed by atoms with van der Waals surface area (Å²) in [6.45, 7) is 1.85. The van der Waals surface area contributed by atoms with Crippen LogP contribution in [0, 0.1) is 5.82 Å². The fourth-order valence-electron chi connectivity index (χ4n) is 2.73. The summed E-state index contributed by atoms with van der Waals surface area (Å²) >= 11 is 0. The average Bonchev–Trinajstić information content (AvgIpc) is 2.48. The lowest BCUT2D eigenvalue weighted by Crippen LogP contribution is -2.47. The highest BCUT2D eigenvalue weighted by atomic mass is 19.1. The Morgan fingerprint density at radius 2 is 2.14 bits per heavy atom. The lowest BCUT2D eigenvalue weighted by atomic mass is 10.0. The number of hydrogen-bond donors (Lipinski definition) is 2. The molecule has 0 radical (unpaired) electrons. The van der Waals surface area contributed by atoms with Gasteiger partial charge in [0.15, 0.2) is 0 Å². The number of aliphatic hydroxyl groups is 1. The minimum atomic E-state index is -0.579. The molecule has 1 aliphatic heterocycles. The molecule has 1 fully saturated rings. The highest BCUT2D eigenvalue weighted by Crippen LogP contribution is 2.20. The average molecular weight is 295 g/mol. The molecule has 1 aromatic carbocycles. The lowest BCUT2D eigenvalue weighted by Gasteiger charge is -2.37. The van der Waals surface area contributed by atoms with Gasteiger partial charge in [-0.1, -0.05) is 0 Å². The SMILES string of the molecule is CN1CCC(N(CCO)C(=O)c2cc(N)ccc2F)CC1. The monoisotopic (exact) mass is 295 g/mol. The molecule has 0 aliphatic carbocycles. The number of carbonyl (C=O) groups excluding carboxylic acids is 1. The Balaban J connectivity index is 2.20. The number of aliphatic hydroxyl groups excluding tert-OH is 1. The molecule has 6 heteroatoms. The van der Waals surface area contributed by atoms with E-state index in [9.17, 15) is 14.3 Å². The van der Waals surface area contributed by atoms with Crippen molar-refractivity contribution >= 4 is 11.6 Å². The van der Waals surface area contributed by atoms with Gasteiger partial charge in [0.1, 0.15) is 5.82 Å². The number of hydrogen-bond acceptors (Lipinski definition) is 4. The second-order valence-corrected chi connectivity index (χ2v) is 5.50. The molecule has 1 heterocycles. The molecule has 0 spiro atoms. The predicted molar refractivity (Wildman–Crippen MR) is 79.5 cm³/mol. The number of amides is 1. The minimum Gasteiger partial charge on any atom is -0.399 e. The molecule has 21 heavy (non-hydrogen) atoms. The molecular formula is C15H22FN3O2. The van der Waals surface area contributed by atoms with Crippen LogP contribution in [0.2, 0.25) is 0 Å². The first-order chi connectivity index (χ1) is 10.0. The smallest absolute Gasteiger partial charge is 0.257 e. The van der Waals surface area contributed by atoms with Crippen LogP contribution in [0.15, 0.2) is 18.2 Å². The summed E-state index contributed by atoms with van der Waals surface area (Å²) in [6, 6.07) is 4.02. The number of rotatable bonds is 4. The summed E-state index contributed by atoms with van der Waals surface area (Å²) in [7, 11) is 2.03. The van der Waals surface area contributed by atoms with Crippen LogP contribution in [0.5, 0.6) is 0 Å². The zero-order chi connectivity index (χ0) is 15.4. The topological polar surface area (TPSA) is 69.8 Å². The quantitative estimate of drug-likeness (QED) is 0.811. The Labute approximate surface area is 124 Å². The van der Waals surface area contributed by atoms with Gasteiger partial charge in [0.25, 0.3) is 5.91 Å². The molecule has 3 N–H and O–H groups in total. The molecule has 5 nitrogen and oxygen atoms in total. The van der Waals surface area contributed by atoms with E-state index in [1.165, 1.54) is 18.2 Å². The number of nitrogens with two attached hydrogens (primary N) is 1. The number of benzene rings is 1. The van der Waals surface area contributed by atoms with Crippen molar-refractivity contribution in [1.29, 1.82) is 0 Å². The molecule has 1 aliphatic rings. The van der Waals surface area contributed by atoms with Crippen molar-refractivity contribution < 1.29 is 14.3 Å². The first-order valence-corrected chi connectivity index (χ1v) is 7.18. The predicted octanol–water partition coefficient (Wildman–Crippen LogP) is 0.937. The third kappa shape index (κ3) is 3.71. The van der Waals surface area contributed by atoms with Crippen LogP contribution >= 0.6 is 0 Å². The Hall–Kier alpha value is -1.66. The van der Waals surface area contributed by atoms with Gasteiger partial charge >= 0.3 is 0 Å². The van der Waals surface area contributed by atoms with E-state index in [0.717, 1.165) is 25.9 Å². The Bertz CT molecular complexity index is 502. The number of anilines is 1. The first-order valence-electron chi connectivity index (χ1n) is 7.18. The van der Waals surface area contributed by atoms with Crippen LogP contribution in [0.4, 0.5) is 10.1 Å². The lowest BCUT2D eigenvalue weighted by molar-refractivity contribution is 0.0535. The second-order valence-electron chi connectivity index (χ2n) is 5.50. The summed E-state index contributed by atoms with van der Waals surface area (Å²) in [5.41, 5.74) is 5.97. The molecule has 1 aromatic rings. The van der Waals surface area contributed by atoms with Crippen LogP contribution in [0.1, 0.15) is 23.2 Å². The van der Waals surface area contributed by atoms with Crippen LogP contribution in [0.25, 0.3) is 0 Å². The summed E-state index contributed by atoms with van der Waals surface area (Å²) in [6.07, 6.45) is 1.65. The van der Waals surface area contributed by atoms with E-state index in [1.54, 1.807) is 4.90 Å². The van der Waals surface area contributed by atoms with E-state index in [0.29, 0.717) is 5.69 Å². The summed E-state index contributed by atoms with van der Waals surface area (Å²) in [4.78, 5) is 16.4. The normalized spacial score (nSPS) is 16.9. The van der Waals surface area contributed by atoms with E-state index in [4.69, 9.17) is 5.73 Å². The maximum atomic E-state index is 13.9. The Kier molecular flexibility index (Phi) is 5.14. The van der Waals surface area contributed by atoms with E-state index in [2.05, 4.69) is 4.90 Å². The van der Waals surface area contributed by atoms with E-state index in [-0.39, 0.29) is 24.8 Å². The largest absolute Gasteiger partial charge is 0.399 e. The molecule has 0 saturated carbocycles. The molecule has 0 bridgehead atoms. The van der Waals surface area contributed by atoms with E-state index < -0.39 is 11.7 Å². The van der Waals surface area contributed by atoms with E-state index >= 15 is 0 Å². The van der Waals surface area contributed by atoms with Crippen molar-refractivity contribution in [3.8, 4) is 0 Å². The van der Waals surface area contributed by atoms with E-state index in [1.807, 2.05) is 7.05 Å². The fourth-order valence-corrected chi connectivity index (χ4v) is 2.73. The summed E-state index contributed by atoms with van der Waals surface area (Å²) in [5.74, 6) is -0.978. The highest BCUT2D eigenvalue weighted by molar-refractivity contribution is 5.95. The van der Waals surface area contributed by atoms with Gasteiger partial charge < -0.3 is 20.6 Å². The van der Waals surface area contributed by atoms with Gasteiger partial charge in [-0.05, 0) is 51.2 Å². The van der Waals surface area contributed by atoms with Crippen LogP contribution < -0.4 is 5.73 Å². The summed E-state index contributed by atoms with van der Waals surface area (Å²) in [5, 5.41) is 9.22. The van der Waals surface area contributed by atoms with Gasteiger partial charge in [-0.2, -0.15) is 0 Å². The number of halogens is 1. The van der Waals surface area contributed by atoms with Gasteiger partial charge in [0, 0.05) is 18.3 Å². The standard InChI is InChI=1S/C15H22FN3O2/c1-18-6-4-12(5-7-18)19(8-9-20)15(21)13-10-11(17)2-3-14(13)16/h2-3,10,12,20H,4-9,17H2,1H3. The van der Waals surface area contributed by atoms with Gasteiger partial charge in [0.2, 0.25) is 0 Å². The molecule has 0 unspecified atom stereocenters. The van der Waals surface area contributed by atoms with Gasteiger partial charge in [-0.25, -0.2) is 4.39 Å². The highest BCUT2D eigenvalue weighted by Gasteiger charge is 2.28. The number of nitrogen functional groups attached to an aromatic ring is 1. The van der Waals surface area contributed by atoms with Gasteiger partial charge in [-0.15, -0.1) is 0 Å². The first kappa shape index (κ1) is 15.7. The molecule has 0 aromatic heterocycles.